The molecular formula is C3Br3FN2S. The van der Waals surface area contributed by atoms with Gasteiger partial charge in [0, 0.05) is 0 Å². The molecule has 0 unspecified atom stereocenters. The molecular weight excluding hydrogens is 355 g/mol. The van der Waals surface area contributed by atoms with Gasteiger partial charge in [-0.05, 0) is 47.8 Å². The summed E-state index contributed by atoms with van der Waals surface area (Å²) in [6.45, 7) is 0. The number of rotatable bonds is 1. The fraction of sp³-hybridized carbons (Fsp3) is 0. The Morgan fingerprint density at radius 2 is 2.00 bits per heavy atom. The zero-order chi connectivity index (χ0) is 7.72. The third-order valence-electron chi connectivity index (χ3n) is 0.776. The first-order valence-corrected chi connectivity index (χ1v) is 5.10. The van der Waals surface area contributed by atoms with Crippen LogP contribution in [0.3, 0.4) is 0 Å². The van der Waals surface area contributed by atoms with Gasteiger partial charge in [0.2, 0.25) is 0 Å². The summed E-state index contributed by atoms with van der Waals surface area (Å²) in [7, 11) is 0. The van der Waals surface area contributed by atoms with Crippen LogP contribution in [0.25, 0.3) is 0 Å². The minimum Gasteiger partial charge on any atom is -0.225 e. The largest absolute Gasteiger partial charge is 0.225 e. The summed E-state index contributed by atoms with van der Waals surface area (Å²) in [6, 6.07) is 0. The van der Waals surface area contributed by atoms with Crippen LogP contribution in [0.2, 0.25) is 0 Å². The molecule has 0 atom stereocenters. The molecule has 0 aliphatic rings. The van der Waals surface area contributed by atoms with Crippen molar-refractivity contribution >= 4 is 60.1 Å². The van der Waals surface area contributed by atoms with Gasteiger partial charge in [-0.15, -0.1) is 3.89 Å². The Hall–Kier alpha value is 0.930. The highest BCUT2D eigenvalue weighted by Gasteiger charge is 2.10. The topological polar surface area (TPSA) is 17.8 Å². The van der Waals surface area contributed by atoms with Crippen molar-refractivity contribution in [2.45, 2.75) is 0 Å². The van der Waals surface area contributed by atoms with Crippen molar-refractivity contribution in [3.63, 3.8) is 0 Å². The first-order valence-electron chi connectivity index (χ1n) is 2.05. The molecule has 0 bridgehead atoms. The van der Waals surface area contributed by atoms with Crippen molar-refractivity contribution in [1.29, 1.82) is 0 Å². The van der Waals surface area contributed by atoms with Crippen LogP contribution in [0.1, 0.15) is 0 Å². The maximum Gasteiger partial charge on any atom is 0.191 e. The highest BCUT2D eigenvalue weighted by molar-refractivity contribution is 9.13. The normalized spacial score (nSPS) is 10.4. The summed E-state index contributed by atoms with van der Waals surface area (Å²) < 4.78 is 14.8. The summed E-state index contributed by atoms with van der Waals surface area (Å²) >= 11 is 9.38. The van der Waals surface area contributed by atoms with Crippen molar-refractivity contribution in [3.8, 4) is 0 Å². The van der Waals surface area contributed by atoms with Gasteiger partial charge in [0.1, 0.15) is 9.21 Å². The molecule has 56 valence electrons. The molecule has 7 heteroatoms. The van der Waals surface area contributed by atoms with Gasteiger partial charge in [-0.2, -0.15) is 0 Å². The van der Waals surface area contributed by atoms with Crippen LogP contribution >= 0.6 is 60.1 Å². The summed E-state index contributed by atoms with van der Waals surface area (Å²) in [6.07, 6.45) is 0. The Bertz CT molecular complexity index is 250. The number of hydrogen-bond acceptors (Lipinski definition) is 2. The predicted molar refractivity (Wildman–Crippen MR) is 49.4 cm³/mol. The molecule has 0 saturated carbocycles. The molecule has 1 aromatic heterocycles. The summed E-state index contributed by atoms with van der Waals surface area (Å²) in [5, 5.41) is 0. The van der Waals surface area contributed by atoms with Gasteiger partial charge in [0.05, 0.1) is 0 Å². The molecule has 0 aliphatic heterocycles. The Labute approximate surface area is 86.4 Å². The monoisotopic (exact) mass is 352 g/mol. The van der Waals surface area contributed by atoms with Gasteiger partial charge < -0.3 is 0 Å². The van der Waals surface area contributed by atoms with Crippen LogP contribution in [0.4, 0.5) is 3.89 Å². The van der Waals surface area contributed by atoms with Gasteiger partial charge in [-0.3, -0.25) is 0 Å². The molecule has 0 fully saturated rings. The Balaban J connectivity index is 3.20. The van der Waals surface area contributed by atoms with E-state index < -0.39 is 0 Å². The first-order chi connectivity index (χ1) is 4.66. The van der Waals surface area contributed by atoms with E-state index in [-0.39, 0.29) is 12.3 Å². The summed E-state index contributed by atoms with van der Waals surface area (Å²) in [5.74, 6) is 0. The van der Waals surface area contributed by atoms with Crippen LogP contribution in [0.15, 0.2) is 13.9 Å². The third kappa shape index (κ3) is 1.57. The molecule has 1 rings (SSSR count). The molecule has 10 heavy (non-hydrogen) atoms. The Morgan fingerprint density at radius 1 is 1.40 bits per heavy atom. The standard InChI is InChI=1S/C3Br3FN2S/c4-1-2(5)9(10-7)3(6)8-1. The quantitative estimate of drug-likeness (QED) is 0.767. The fourth-order valence-electron chi connectivity index (χ4n) is 0.396. The SMILES string of the molecule is FSn1c(Br)nc(Br)c1Br. The van der Waals surface area contributed by atoms with Gasteiger partial charge >= 0.3 is 0 Å². The Kier molecular flexibility index (Phi) is 3.20. The summed E-state index contributed by atoms with van der Waals surface area (Å²) in [5.41, 5.74) is 0. The predicted octanol–water partition coefficient (Wildman–Crippen LogP) is 3.55. The van der Waals surface area contributed by atoms with E-state index in [1.807, 2.05) is 0 Å². The molecule has 1 heterocycles. The highest BCUT2D eigenvalue weighted by atomic mass is 79.9. The first kappa shape index (κ1) is 9.02. The van der Waals surface area contributed by atoms with E-state index in [4.69, 9.17) is 0 Å². The number of hydrogen-bond donors (Lipinski definition) is 0. The van der Waals surface area contributed by atoms with E-state index in [0.717, 1.165) is 0 Å². The minimum absolute atomic E-state index is 0.0733. The summed E-state index contributed by atoms with van der Waals surface area (Å²) in [4.78, 5) is 3.87. The maximum atomic E-state index is 12.0. The van der Waals surface area contributed by atoms with Crippen LogP contribution in [0, 0.1) is 0 Å². The molecule has 0 aliphatic carbocycles. The average molecular weight is 355 g/mol. The lowest BCUT2D eigenvalue weighted by molar-refractivity contribution is 0.906. The number of nitrogens with zero attached hydrogens (tertiary/aromatic N) is 2. The van der Waals surface area contributed by atoms with Crippen molar-refractivity contribution < 1.29 is 3.89 Å². The van der Waals surface area contributed by atoms with Gasteiger partial charge in [-0.1, -0.05) is 0 Å². The van der Waals surface area contributed by atoms with Crippen LogP contribution in [-0.2, 0) is 0 Å². The van der Waals surface area contributed by atoms with Crippen molar-refractivity contribution in [3.05, 3.63) is 13.9 Å². The number of aromatic nitrogens is 2. The van der Waals surface area contributed by atoms with E-state index >= 15 is 0 Å². The zero-order valence-electron chi connectivity index (χ0n) is 4.31. The van der Waals surface area contributed by atoms with Gasteiger partial charge in [-0.25, -0.2) is 8.96 Å². The van der Waals surface area contributed by atoms with E-state index in [0.29, 0.717) is 13.9 Å². The van der Waals surface area contributed by atoms with Gasteiger partial charge in [0.25, 0.3) is 0 Å². The molecule has 0 N–H and O–H groups in total. The molecule has 0 spiro atoms. The van der Waals surface area contributed by atoms with Crippen LogP contribution in [0.5, 0.6) is 0 Å². The maximum absolute atomic E-state index is 12.0. The van der Waals surface area contributed by atoms with Crippen molar-refractivity contribution in [2.24, 2.45) is 0 Å². The third-order valence-corrected chi connectivity index (χ3v) is 4.09. The lowest BCUT2D eigenvalue weighted by Crippen LogP contribution is -1.81. The Morgan fingerprint density at radius 3 is 2.20 bits per heavy atom. The zero-order valence-corrected chi connectivity index (χ0v) is 9.89. The molecule has 0 aromatic carbocycles. The second-order valence-electron chi connectivity index (χ2n) is 1.33. The smallest absolute Gasteiger partial charge is 0.191 e. The lowest BCUT2D eigenvalue weighted by Gasteiger charge is -1.92. The molecule has 0 saturated heterocycles. The fourth-order valence-corrected chi connectivity index (χ4v) is 2.52. The van der Waals surface area contributed by atoms with Crippen molar-refractivity contribution in [1.82, 2.24) is 8.96 Å². The van der Waals surface area contributed by atoms with E-state index in [1.54, 1.807) is 0 Å². The van der Waals surface area contributed by atoms with Gasteiger partial charge in [0.15, 0.2) is 17.1 Å². The molecule has 1 aromatic rings. The number of halogens is 4. The average Bonchev–Trinajstić information content (AvgIpc) is 2.09. The van der Waals surface area contributed by atoms with E-state index in [9.17, 15) is 3.89 Å². The second kappa shape index (κ2) is 3.55. The highest BCUT2D eigenvalue weighted by Crippen LogP contribution is 2.30. The van der Waals surface area contributed by atoms with E-state index in [2.05, 4.69) is 52.8 Å². The molecule has 0 amide bonds. The minimum atomic E-state index is 0.0733. The lowest BCUT2D eigenvalue weighted by atomic mass is 11.0. The van der Waals surface area contributed by atoms with Crippen molar-refractivity contribution in [2.75, 3.05) is 0 Å². The molecule has 2 nitrogen and oxygen atoms in total. The number of imidazole rings is 1. The van der Waals surface area contributed by atoms with Crippen LogP contribution in [-0.4, -0.2) is 8.96 Å². The van der Waals surface area contributed by atoms with Crippen LogP contribution < -0.4 is 0 Å². The molecule has 0 radical (unpaired) electrons. The van der Waals surface area contributed by atoms with E-state index in [1.165, 1.54) is 3.97 Å². The second-order valence-corrected chi connectivity index (χ2v) is 4.04.